The quantitative estimate of drug-likeness (QED) is 0.776. The number of aromatic nitrogens is 4. The maximum Gasteiger partial charge on any atom is 0.274 e. The van der Waals surface area contributed by atoms with Crippen LogP contribution in [0.1, 0.15) is 32.3 Å². The lowest BCUT2D eigenvalue weighted by Gasteiger charge is -2.12. The fourth-order valence-corrected chi connectivity index (χ4v) is 3.18. The van der Waals surface area contributed by atoms with E-state index in [0.717, 1.165) is 11.5 Å². The normalized spacial score (nSPS) is 11.7. The zero-order valence-electron chi connectivity index (χ0n) is 14.5. The van der Waals surface area contributed by atoms with Crippen molar-refractivity contribution >= 4 is 33.3 Å². The van der Waals surface area contributed by atoms with Gasteiger partial charge >= 0.3 is 0 Å². The lowest BCUT2D eigenvalue weighted by molar-refractivity contribution is -0.115. The molecular formula is C17H19N5O2S. The van der Waals surface area contributed by atoms with Gasteiger partial charge in [0, 0.05) is 29.4 Å². The highest BCUT2D eigenvalue weighted by atomic mass is 32.1. The first-order valence-electron chi connectivity index (χ1n) is 7.84. The molecule has 0 bridgehead atoms. The number of fused-ring (bicyclic) bond motifs is 1. The maximum atomic E-state index is 12.4. The van der Waals surface area contributed by atoms with Crippen LogP contribution in [0, 0.1) is 0 Å². The molecule has 0 fully saturated rings. The third-order valence-electron chi connectivity index (χ3n) is 3.70. The van der Waals surface area contributed by atoms with Gasteiger partial charge in [-0.25, -0.2) is 9.67 Å². The number of nitrogens with zero attached hydrogens (tertiary/aromatic N) is 4. The maximum absolute atomic E-state index is 12.4. The van der Waals surface area contributed by atoms with Crippen molar-refractivity contribution in [1.29, 1.82) is 0 Å². The minimum absolute atomic E-state index is 0.0546. The largest absolute Gasteiger partial charge is 0.300 e. The first-order chi connectivity index (χ1) is 11.8. The molecule has 130 valence electrons. The third-order valence-corrected chi connectivity index (χ3v) is 4.33. The van der Waals surface area contributed by atoms with E-state index in [1.165, 1.54) is 4.68 Å². The smallest absolute Gasteiger partial charge is 0.274 e. The van der Waals surface area contributed by atoms with Gasteiger partial charge in [0.05, 0.1) is 17.5 Å². The van der Waals surface area contributed by atoms with Crippen molar-refractivity contribution in [2.45, 2.75) is 32.6 Å². The number of benzene rings is 1. The van der Waals surface area contributed by atoms with Crippen LogP contribution in [0.4, 0.5) is 5.13 Å². The van der Waals surface area contributed by atoms with Gasteiger partial charge in [0.25, 0.3) is 5.56 Å². The van der Waals surface area contributed by atoms with E-state index in [1.807, 2.05) is 26.8 Å². The van der Waals surface area contributed by atoms with Gasteiger partial charge in [-0.3, -0.25) is 9.59 Å². The molecule has 2 heterocycles. The molecule has 1 amide bonds. The van der Waals surface area contributed by atoms with Crippen LogP contribution in [-0.4, -0.2) is 25.0 Å². The average Bonchev–Trinajstić information content (AvgIpc) is 3.01. The molecule has 0 aliphatic rings. The third kappa shape index (κ3) is 3.58. The minimum atomic E-state index is -0.243. The molecule has 0 spiro atoms. The summed E-state index contributed by atoms with van der Waals surface area (Å²) in [5.41, 5.74) is 0.198. The zero-order chi connectivity index (χ0) is 18.2. The summed E-state index contributed by atoms with van der Waals surface area (Å²) in [5, 5.41) is 8.70. The van der Waals surface area contributed by atoms with Crippen molar-refractivity contribution in [3.05, 3.63) is 46.1 Å². The standard InChI is InChI=1S/C17H19N5O2S/c1-17(2,3)15-19-16(25-21-15)18-13(23)9-12-10-7-5-6-8-11(10)14(24)22(4)20-12/h5-8H,9H2,1-4H3,(H,18,19,21,23). The van der Waals surface area contributed by atoms with Crippen LogP contribution in [-0.2, 0) is 23.7 Å². The SMILES string of the molecule is Cn1nc(CC(=O)Nc2nc(C(C)(C)C)ns2)c2ccccc2c1=O. The highest BCUT2D eigenvalue weighted by molar-refractivity contribution is 7.09. The summed E-state index contributed by atoms with van der Waals surface area (Å²) >= 11 is 1.16. The molecule has 0 atom stereocenters. The Kier molecular flexibility index (Phi) is 4.38. The Bertz CT molecular complexity index is 1000. The van der Waals surface area contributed by atoms with Crippen LogP contribution >= 0.6 is 11.5 Å². The van der Waals surface area contributed by atoms with Crippen molar-refractivity contribution in [2.24, 2.45) is 7.05 Å². The number of anilines is 1. The summed E-state index contributed by atoms with van der Waals surface area (Å²) in [6.45, 7) is 6.05. The second-order valence-corrected chi connectivity index (χ2v) is 7.57. The van der Waals surface area contributed by atoms with E-state index in [1.54, 1.807) is 25.2 Å². The fraction of sp³-hybridized carbons (Fsp3) is 0.353. The summed E-state index contributed by atoms with van der Waals surface area (Å²) in [5.74, 6) is 0.450. The van der Waals surface area contributed by atoms with Gasteiger partial charge in [-0.05, 0) is 6.07 Å². The number of carbonyl (C=O) groups excluding carboxylic acids is 1. The van der Waals surface area contributed by atoms with Crippen LogP contribution in [0.25, 0.3) is 10.8 Å². The Labute approximate surface area is 148 Å². The van der Waals surface area contributed by atoms with E-state index in [0.29, 0.717) is 27.4 Å². The average molecular weight is 357 g/mol. The van der Waals surface area contributed by atoms with Crippen LogP contribution in [0.3, 0.4) is 0 Å². The molecule has 0 radical (unpaired) electrons. The monoisotopic (exact) mass is 357 g/mol. The number of hydrogen-bond donors (Lipinski definition) is 1. The number of aryl methyl sites for hydroxylation is 1. The van der Waals surface area contributed by atoms with Crippen LogP contribution in [0.15, 0.2) is 29.1 Å². The van der Waals surface area contributed by atoms with Crippen LogP contribution in [0.2, 0.25) is 0 Å². The summed E-state index contributed by atoms with van der Waals surface area (Å²) in [7, 11) is 1.58. The number of carbonyl (C=O) groups is 1. The topological polar surface area (TPSA) is 89.8 Å². The fourth-order valence-electron chi connectivity index (χ4n) is 2.40. The highest BCUT2D eigenvalue weighted by Gasteiger charge is 2.20. The predicted octanol–water partition coefficient (Wildman–Crippen LogP) is 2.26. The molecular weight excluding hydrogens is 338 g/mol. The number of nitrogens with one attached hydrogen (secondary N) is 1. The zero-order valence-corrected chi connectivity index (χ0v) is 15.3. The Balaban J connectivity index is 1.84. The van der Waals surface area contributed by atoms with E-state index in [2.05, 4.69) is 19.8 Å². The first-order valence-corrected chi connectivity index (χ1v) is 8.62. The van der Waals surface area contributed by atoms with Gasteiger partial charge in [-0.2, -0.15) is 9.47 Å². The van der Waals surface area contributed by atoms with Crippen molar-refractivity contribution in [2.75, 3.05) is 5.32 Å². The van der Waals surface area contributed by atoms with E-state index >= 15 is 0 Å². The van der Waals surface area contributed by atoms with Crippen molar-refractivity contribution in [3.63, 3.8) is 0 Å². The molecule has 0 saturated heterocycles. The first kappa shape index (κ1) is 17.2. The van der Waals surface area contributed by atoms with E-state index in [4.69, 9.17) is 0 Å². The summed E-state index contributed by atoms with van der Waals surface area (Å²) in [6, 6.07) is 7.16. The molecule has 0 aliphatic carbocycles. The van der Waals surface area contributed by atoms with Gasteiger partial charge in [-0.1, -0.05) is 39.0 Å². The molecule has 2 aromatic heterocycles. The lowest BCUT2D eigenvalue weighted by atomic mass is 9.96. The van der Waals surface area contributed by atoms with Gasteiger partial charge in [-0.15, -0.1) is 0 Å². The van der Waals surface area contributed by atoms with Crippen molar-refractivity contribution < 1.29 is 4.79 Å². The highest BCUT2D eigenvalue weighted by Crippen LogP contribution is 2.23. The van der Waals surface area contributed by atoms with Crippen LogP contribution in [0.5, 0.6) is 0 Å². The molecule has 1 N–H and O–H groups in total. The molecule has 0 unspecified atom stereocenters. The molecule has 0 saturated carbocycles. The Hall–Kier alpha value is -2.61. The van der Waals surface area contributed by atoms with Gasteiger partial charge in [0.1, 0.15) is 5.82 Å². The molecule has 3 rings (SSSR count). The molecule has 7 nitrogen and oxygen atoms in total. The van der Waals surface area contributed by atoms with Gasteiger partial charge in [0.15, 0.2) is 0 Å². The van der Waals surface area contributed by atoms with Crippen LogP contribution < -0.4 is 10.9 Å². The number of rotatable bonds is 3. The molecule has 8 heteroatoms. The Morgan fingerprint density at radius 1 is 1.24 bits per heavy atom. The molecule has 3 aromatic rings. The predicted molar refractivity (Wildman–Crippen MR) is 97.9 cm³/mol. The summed E-state index contributed by atoms with van der Waals surface area (Å²) < 4.78 is 5.54. The van der Waals surface area contributed by atoms with Gasteiger partial charge < -0.3 is 5.32 Å². The van der Waals surface area contributed by atoms with Gasteiger partial charge in [0.2, 0.25) is 11.0 Å². The second kappa shape index (κ2) is 6.36. The minimum Gasteiger partial charge on any atom is -0.300 e. The second-order valence-electron chi connectivity index (χ2n) is 6.82. The summed E-state index contributed by atoms with van der Waals surface area (Å²) in [6.07, 6.45) is 0.0546. The van der Waals surface area contributed by atoms with E-state index < -0.39 is 0 Å². The van der Waals surface area contributed by atoms with E-state index in [-0.39, 0.29) is 23.3 Å². The molecule has 25 heavy (non-hydrogen) atoms. The Morgan fingerprint density at radius 3 is 2.56 bits per heavy atom. The molecule has 0 aliphatic heterocycles. The summed E-state index contributed by atoms with van der Waals surface area (Å²) in [4.78, 5) is 28.9. The molecule has 1 aromatic carbocycles. The number of hydrogen-bond acceptors (Lipinski definition) is 6. The lowest BCUT2D eigenvalue weighted by Crippen LogP contribution is -2.24. The van der Waals surface area contributed by atoms with Crippen molar-refractivity contribution in [1.82, 2.24) is 19.1 Å². The van der Waals surface area contributed by atoms with Crippen molar-refractivity contribution in [3.8, 4) is 0 Å². The van der Waals surface area contributed by atoms with E-state index in [9.17, 15) is 9.59 Å². The Morgan fingerprint density at radius 2 is 1.92 bits per heavy atom. The number of amides is 1.